The van der Waals surface area contributed by atoms with Crippen molar-refractivity contribution in [2.24, 2.45) is 5.73 Å². The molecular weight excluding hydrogens is 295 g/mol. The molecule has 0 saturated carbocycles. The summed E-state index contributed by atoms with van der Waals surface area (Å²) in [7, 11) is 1.50. The van der Waals surface area contributed by atoms with Gasteiger partial charge in [-0.2, -0.15) is 0 Å². The van der Waals surface area contributed by atoms with Crippen LogP contribution in [0.15, 0.2) is 48.5 Å². The van der Waals surface area contributed by atoms with Gasteiger partial charge in [-0.3, -0.25) is 4.79 Å². The number of halogens is 1. The van der Waals surface area contributed by atoms with Gasteiger partial charge in [0.1, 0.15) is 17.1 Å². The van der Waals surface area contributed by atoms with Gasteiger partial charge in [0.15, 0.2) is 0 Å². The van der Waals surface area contributed by atoms with Crippen molar-refractivity contribution in [2.75, 3.05) is 7.11 Å². The van der Waals surface area contributed by atoms with Crippen LogP contribution in [0.2, 0.25) is 0 Å². The minimum atomic E-state index is -1.18. The van der Waals surface area contributed by atoms with Gasteiger partial charge >= 0.3 is 0 Å². The summed E-state index contributed by atoms with van der Waals surface area (Å²) >= 11 is 0. The van der Waals surface area contributed by atoms with Gasteiger partial charge in [0.05, 0.1) is 13.2 Å². The number of amides is 1. The number of carbonyl (C=O) groups excluding carboxylic acids is 1. The molecule has 0 aliphatic heterocycles. The molecule has 0 heterocycles. The Balaban J connectivity index is 2.21. The Kier molecular flexibility index (Phi) is 5.01. The topological polar surface area (TPSA) is 64.3 Å². The van der Waals surface area contributed by atoms with Crippen LogP contribution in [-0.4, -0.2) is 13.0 Å². The number of benzene rings is 2. The van der Waals surface area contributed by atoms with E-state index in [2.05, 4.69) is 5.32 Å². The number of nitrogens with two attached hydrogens (primary N) is 1. The van der Waals surface area contributed by atoms with E-state index in [0.717, 1.165) is 0 Å². The Morgan fingerprint density at radius 2 is 1.91 bits per heavy atom. The van der Waals surface area contributed by atoms with E-state index >= 15 is 0 Å². The lowest BCUT2D eigenvalue weighted by Gasteiger charge is -2.27. The largest absolute Gasteiger partial charge is 0.496 e. The van der Waals surface area contributed by atoms with Crippen LogP contribution >= 0.6 is 0 Å². The molecule has 1 amide bonds. The molecule has 4 nitrogen and oxygen atoms in total. The number of carbonyl (C=O) groups is 1. The third kappa shape index (κ3) is 3.68. The average Bonchev–Trinajstić information content (AvgIpc) is 2.55. The molecule has 0 spiro atoms. The van der Waals surface area contributed by atoms with E-state index in [0.29, 0.717) is 16.9 Å². The fourth-order valence-corrected chi connectivity index (χ4v) is 2.38. The van der Waals surface area contributed by atoms with Crippen LogP contribution in [0.25, 0.3) is 0 Å². The highest BCUT2D eigenvalue weighted by atomic mass is 19.1. The van der Waals surface area contributed by atoms with E-state index in [1.165, 1.54) is 25.3 Å². The maximum absolute atomic E-state index is 13.5. The predicted octanol–water partition coefficient (Wildman–Crippen LogP) is 2.89. The number of hydrogen-bond donors (Lipinski definition) is 2. The highest BCUT2D eigenvalue weighted by Gasteiger charge is 2.31. The Morgan fingerprint density at radius 1 is 1.26 bits per heavy atom. The maximum Gasteiger partial charge on any atom is 0.244 e. The standard InChI is InChI=1S/C18H21FN2O2/c1-12(15-11-14(19)9-10-16(15)23-3)21-17(22)18(2,20)13-7-5-4-6-8-13/h4-12H,20H2,1-3H3,(H,21,22). The van der Waals surface area contributed by atoms with Crippen LogP contribution in [0.1, 0.15) is 31.0 Å². The van der Waals surface area contributed by atoms with Gasteiger partial charge in [0.25, 0.3) is 0 Å². The lowest BCUT2D eigenvalue weighted by atomic mass is 9.91. The van der Waals surface area contributed by atoms with Crippen molar-refractivity contribution in [1.29, 1.82) is 0 Å². The molecule has 3 N–H and O–H groups in total. The van der Waals surface area contributed by atoms with E-state index in [-0.39, 0.29) is 11.7 Å². The molecule has 23 heavy (non-hydrogen) atoms. The second kappa shape index (κ2) is 6.79. The van der Waals surface area contributed by atoms with E-state index in [9.17, 15) is 9.18 Å². The number of nitrogens with one attached hydrogen (secondary N) is 1. The fourth-order valence-electron chi connectivity index (χ4n) is 2.38. The monoisotopic (exact) mass is 316 g/mol. The van der Waals surface area contributed by atoms with Crippen LogP contribution in [0.3, 0.4) is 0 Å². The summed E-state index contributed by atoms with van der Waals surface area (Å²) in [6.07, 6.45) is 0. The van der Waals surface area contributed by atoms with Crippen LogP contribution in [0.5, 0.6) is 5.75 Å². The molecule has 0 bridgehead atoms. The Labute approximate surface area is 135 Å². The van der Waals surface area contributed by atoms with Crippen molar-refractivity contribution >= 4 is 5.91 Å². The smallest absolute Gasteiger partial charge is 0.244 e. The molecule has 0 fully saturated rings. The molecule has 0 saturated heterocycles. The third-order valence-corrected chi connectivity index (χ3v) is 3.85. The van der Waals surface area contributed by atoms with Gasteiger partial charge in [-0.05, 0) is 37.6 Å². The van der Waals surface area contributed by atoms with Gasteiger partial charge in [-0.25, -0.2) is 4.39 Å². The molecule has 0 radical (unpaired) electrons. The van der Waals surface area contributed by atoms with Crippen LogP contribution in [-0.2, 0) is 10.3 Å². The molecule has 2 rings (SSSR count). The molecule has 2 aromatic carbocycles. The zero-order chi connectivity index (χ0) is 17.0. The van der Waals surface area contributed by atoms with Gasteiger partial charge < -0.3 is 15.8 Å². The Morgan fingerprint density at radius 3 is 2.52 bits per heavy atom. The van der Waals surface area contributed by atoms with Crippen LogP contribution in [0, 0.1) is 5.82 Å². The highest BCUT2D eigenvalue weighted by Crippen LogP contribution is 2.27. The Hall–Kier alpha value is -2.40. The molecule has 2 unspecified atom stereocenters. The first-order valence-corrected chi connectivity index (χ1v) is 7.35. The number of ether oxygens (including phenoxy) is 1. The third-order valence-electron chi connectivity index (χ3n) is 3.85. The van der Waals surface area contributed by atoms with E-state index in [1.54, 1.807) is 26.0 Å². The molecule has 0 aliphatic rings. The summed E-state index contributed by atoms with van der Waals surface area (Å²) in [6.45, 7) is 3.41. The van der Waals surface area contributed by atoms with Gasteiger partial charge in [0.2, 0.25) is 5.91 Å². The quantitative estimate of drug-likeness (QED) is 0.891. The second-order valence-corrected chi connectivity index (χ2v) is 5.65. The van der Waals surface area contributed by atoms with E-state index < -0.39 is 11.6 Å². The lowest BCUT2D eigenvalue weighted by molar-refractivity contribution is -0.126. The summed E-state index contributed by atoms with van der Waals surface area (Å²) in [5, 5.41) is 2.83. The fraction of sp³-hybridized carbons (Fsp3) is 0.278. The second-order valence-electron chi connectivity index (χ2n) is 5.65. The zero-order valence-corrected chi connectivity index (χ0v) is 13.5. The summed E-state index contributed by atoms with van der Waals surface area (Å²) in [4.78, 5) is 12.6. The molecule has 0 aliphatic carbocycles. The van der Waals surface area contributed by atoms with Crippen molar-refractivity contribution in [3.63, 3.8) is 0 Å². The molecule has 0 aromatic heterocycles. The van der Waals surface area contributed by atoms with Gasteiger partial charge in [-0.1, -0.05) is 30.3 Å². The SMILES string of the molecule is COc1ccc(F)cc1C(C)NC(=O)C(C)(N)c1ccccc1. The summed E-state index contributed by atoms with van der Waals surface area (Å²) in [5.74, 6) is -0.222. The summed E-state index contributed by atoms with van der Waals surface area (Å²) in [5.41, 5.74) is 6.27. The van der Waals surface area contributed by atoms with Crippen molar-refractivity contribution in [3.8, 4) is 5.75 Å². The predicted molar refractivity (Wildman–Crippen MR) is 87.5 cm³/mol. The number of methoxy groups -OCH3 is 1. The first kappa shape index (κ1) is 17.0. The molecule has 2 atom stereocenters. The lowest BCUT2D eigenvalue weighted by Crippen LogP contribution is -2.49. The van der Waals surface area contributed by atoms with Gasteiger partial charge in [0, 0.05) is 5.56 Å². The van der Waals surface area contributed by atoms with Crippen molar-refractivity contribution in [2.45, 2.75) is 25.4 Å². The number of rotatable bonds is 5. The summed E-state index contributed by atoms with van der Waals surface area (Å²) in [6, 6.07) is 12.9. The first-order chi connectivity index (χ1) is 10.9. The van der Waals surface area contributed by atoms with Crippen molar-refractivity contribution < 1.29 is 13.9 Å². The molecule has 2 aromatic rings. The van der Waals surface area contributed by atoms with Crippen LogP contribution < -0.4 is 15.8 Å². The average molecular weight is 316 g/mol. The van der Waals surface area contributed by atoms with E-state index in [1.807, 2.05) is 18.2 Å². The number of hydrogen-bond acceptors (Lipinski definition) is 3. The zero-order valence-electron chi connectivity index (χ0n) is 13.5. The van der Waals surface area contributed by atoms with Crippen LogP contribution in [0.4, 0.5) is 4.39 Å². The maximum atomic E-state index is 13.5. The molecular formula is C18H21FN2O2. The molecule has 5 heteroatoms. The summed E-state index contributed by atoms with van der Waals surface area (Å²) < 4.78 is 18.7. The highest BCUT2D eigenvalue weighted by molar-refractivity contribution is 5.87. The van der Waals surface area contributed by atoms with Crippen molar-refractivity contribution in [1.82, 2.24) is 5.32 Å². The molecule has 122 valence electrons. The van der Waals surface area contributed by atoms with E-state index in [4.69, 9.17) is 10.5 Å². The normalized spacial score (nSPS) is 14.7. The minimum Gasteiger partial charge on any atom is -0.496 e. The van der Waals surface area contributed by atoms with Gasteiger partial charge in [-0.15, -0.1) is 0 Å². The van der Waals surface area contributed by atoms with Crippen molar-refractivity contribution in [3.05, 3.63) is 65.5 Å². The minimum absolute atomic E-state index is 0.345. The Bertz CT molecular complexity index is 687. The first-order valence-electron chi connectivity index (χ1n) is 7.35.